The lowest BCUT2D eigenvalue weighted by Crippen LogP contribution is -2.23. The van der Waals surface area contributed by atoms with Crippen LogP contribution in [0.25, 0.3) is 0 Å². The maximum Gasteiger partial charge on any atom is 0.416 e. The van der Waals surface area contributed by atoms with Crippen LogP contribution in [0.15, 0.2) is 42.5 Å². The minimum absolute atomic E-state index is 0.181. The second-order valence-corrected chi connectivity index (χ2v) is 4.51. The summed E-state index contributed by atoms with van der Waals surface area (Å²) in [5, 5.41) is 2.91. The molecule has 0 saturated carbocycles. The van der Waals surface area contributed by atoms with E-state index in [1.54, 1.807) is 25.2 Å². The molecule has 0 bridgehead atoms. The van der Waals surface area contributed by atoms with Crippen LogP contribution in [0.3, 0.4) is 0 Å². The molecular formula is C15H15F3N2. The van der Waals surface area contributed by atoms with Gasteiger partial charge in [0.25, 0.3) is 0 Å². The molecule has 5 heteroatoms. The Morgan fingerprint density at radius 1 is 1.05 bits per heavy atom. The third kappa shape index (κ3) is 2.99. The van der Waals surface area contributed by atoms with Crippen molar-refractivity contribution in [2.75, 3.05) is 7.05 Å². The second kappa shape index (κ2) is 5.63. The van der Waals surface area contributed by atoms with Gasteiger partial charge in [0.15, 0.2) is 0 Å². The molecule has 0 radical (unpaired) electrons. The molecule has 0 amide bonds. The fourth-order valence-corrected chi connectivity index (χ4v) is 2.19. The second-order valence-electron chi connectivity index (χ2n) is 4.51. The number of halogens is 3. The Hall–Kier alpha value is -1.88. The molecule has 1 heterocycles. The molecule has 2 aromatic rings. The average Bonchev–Trinajstić information content (AvgIpc) is 2.39. The molecule has 20 heavy (non-hydrogen) atoms. The van der Waals surface area contributed by atoms with E-state index in [9.17, 15) is 13.2 Å². The molecule has 1 unspecified atom stereocenters. The summed E-state index contributed by atoms with van der Waals surface area (Å²) in [6, 6.07) is 10.3. The largest absolute Gasteiger partial charge is 0.416 e. The Bertz CT molecular complexity index is 594. The van der Waals surface area contributed by atoms with Crippen molar-refractivity contribution in [3.63, 3.8) is 0 Å². The number of rotatable bonds is 3. The van der Waals surface area contributed by atoms with E-state index in [0.29, 0.717) is 5.69 Å². The van der Waals surface area contributed by atoms with Crippen LogP contribution in [0, 0.1) is 6.92 Å². The smallest absolute Gasteiger partial charge is 0.308 e. The number of benzene rings is 1. The quantitative estimate of drug-likeness (QED) is 0.927. The molecule has 1 aromatic carbocycles. The van der Waals surface area contributed by atoms with Gasteiger partial charge >= 0.3 is 6.18 Å². The Morgan fingerprint density at radius 3 is 2.35 bits per heavy atom. The molecule has 0 fully saturated rings. The Kier molecular flexibility index (Phi) is 4.09. The lowest BCUT2D eigenvalue weighted by Gasteiger charge is -2.21. The fourth-order valence-electron chi connectivity index (χ4n) is 2.19. The number of pyridine rings is 1. The van der Waals surface area contributed by atoms with E-state index in [1.807, 2.05) is 13.0 Å². The molecular weight excluding hydrogens is 265 g/mol. The van der Waals surface area contributed by atoms with Crippen molar-refractivity contribution >= 4 is 0 Å². The van der Waals surface area contributed by atoms with Crippen LogP contribution < -0.4 is 5.32 Å². The lowest BCUT2D eigenvalue weighted by molar-refractivity contribution is -0.138. The summed E-state index contributed by atoms with van der Waals surface area (Å²) >= 11 is 0. The van der Waals surface area contributed by atoms with Crippen molar-refractivity contribution < 1.29 is 13.2 Å². The zero-order chi connectivity index (χ0) is 14.8. The number of aryl methyl sites for hydroxylation is 1. The summed E-state index contributed by atoms with van der Waals surface area (Å²) in [5.41, 5.74) is 0.889. The van der Waals surface area contributed by atoms with E-state index in [4.69, 9.17) is 0 Å². The molecule has 0 saturated heterocycles. The molecule has 0 spiro atoms. The molecule has 2 rings (SSSR count). The Labute approximate surface area is 115 Å². The lowest BCUT2D eigenvalue weighted by atomic mass is 9.97. The maximum absolute atomic E-state index is 13.1. The van der Waals surface area contributed by atoms with Gasteiger partial charge in [-0.3, -0.25) is 4.98 Å². The molecule has 106 valence electrons. The van der Waals surface area contributed by atoms with Crippen LogP contribution in [0.1, 0.15) is 28.6 Å². The standard InChI is InChI=1S/C15H15F3N2/c1-10-6-5-9-13(20-10)14(19-2)11-7-3-4-8-12(11)15(16,17)18/h3-9,14,19H,1-2H3. The number of hydrogen-bond donors (Lipinski definition) is 1. The summed E-state index contributed by atoms with van der Waals surface area (Å²) in [7, 11) is 1.63. The van der Waals surface area contributed by atoms with Crippen LogP contribution in [-0.2, 0) is 6.18 Å². The summed E-state index contributed by atoms with van der Waals surface area (Å²) in [6.45, 7) is 1.81. The van der Waals surface area contributed by atoms with Gasteiger partial charge in [-0.15, -0.1) is 0 Å². The highest BCUT2D eigenvalue weighted by molar-refractivity contribution is 5.37. The van der Waals surface area contributed by atoms with Gasteiger partial charge in [-0.2, -0.15) is 13.2 Å². The van der Waals surface area contributed by atoms with Crippen molar-refractivity contribution in [2.45, 2.75) is 19.1 Å². The normalized spacial score (nSPS) is 13.2. The average molecular weight is 280 g/mol. The zero-order valence-electron chi connectivity index (χ0n) is 11.2. The van der Waals surface area contributed by atoms with Gasteiger partial charge in [-0.1, -0.05) is 24.3 Å². The van der Waals surface area contributed by atoms with Gasteiger partial charge < -0.3 is 5.32 Å². The van der Waals surface area contributed by atoms with Crippen LogP contribution >= 0.6 is 0 Å². The minimum atomic E-state index is -4.38. The van der Waals surface area contributed by atoms with Crippen molar-refractivity contribution in [1.82, 2.24) is 10.3 Å². The summed E-state index contributed by atoms with van der Waals surface area (Å²) in [5.74, 6) is 0. The minimum Gasteiger partial charge on any atom is -0.308 e. The van der Waals surface area contributed by atoms with Crippen LogP contribution in [0.4, 0.5) is 13.2 Å². The maximum atomic E-state index is 13.1. The zero-order valence-corrected chi connectivity index (χ0v) is 11.2. The first-order valence-electron chi connectivity index (χ1n) is 6.20. The first-order valence-corrected chi connectivity index (χ1v) is 6.20. The van der Waals surface area contributed by atoms with Gasteiger partial charge in [-0.05, 0) is 37.7 Å². The molecule has 0 aliphatic carbocycles. The first kappa shape index (κ1) is 14.5. The third-order valence-electron chi connectivity index (χ3n) is 3.07. The highest BCUT2D eigenvalue weighted by Crippen LogP contribution is 2.35. The van der Waals surface area contributed by atoms with Crippen molar-refractivity contribution in [2.24, 2.45) is 0 Å². The number of aromatic nitrogens is 1. The molecule has 0 aliphatic rings. The van der Waals surface area contributed by atoms with Gasteiger partial charge in [0.1, 0.15) is 0 Å². The Balaban J connectivity index is 2.53. The summed E-state index contributed by atoms with van der Waals surface area (Å²) < 4.78 is 39.3. The topological polar surface area (TPSA) is 24.9 Å². The predicted molar refractivity (Wildman–Crippen MR) is 71.3 cm³/mol. The fraction of sp³-hybridized carbons (Fsp3) is 0.267. The molecule has 1 N–H and O–H groups in total. The summed E-state index contributed by atoms with van der Waals surface area (Å²) in [6.07, 6.45) is -4.38. The monoisotopic (exact) mass is 280 g/mol. The van der Waals surface area contributed by atoms with E-state index in [0.717, 1.165) is 11.8 Å². The van der Waals surface area contributed by atoms with Crippen molar-refractivity contribution in [1.29, 1.82) is 0 Å². The van der Waals surface area contributed by atoms with Crippen molar-refractivity contribution in [3.05, 3.63) is 65.0 Å². The van der Waals surface area contributed by atoms with Gasteiger partial charge in [0.05, 0.1) is 17.3 Å². The SMILES string of the molecule is CNC(c1cccc(C)n1)c1ccccc1C(F)(F)F. The molecule has 0 aliphatic heterocycles. The number of nitrogens with one attached hydrogen (secondary N) is 1. The van der Waals surface area contributed by atoms with Gasteiger partial charge in [0.2, 0.25) is 0 Å². The van der Waals surface area contributed by atoms with Crippen LogP contribution in [0.2, 0.25) is 0 Å². The predicted octanol–water partition coefficient (Wildman–Crippen LogP) is 3.72. The summed E-state index contributed by atoms with van der Waals surface area (Å²) in [4.78, 5) is 4.31. The Morgan fingerprint density at radius 2 is 1.75 bits per heavy atom. The van der Waals surface area contributed by atoms with E-state index >= 15 is 0 Å². The molecule has 2 nitrogen and oxygen atoms in total. The van der Waals surface area contributed by atoms with Crippen LogP contribution in [-0.4, -0.2) is 12.0 Å². The van der Waals surface area contributed by atoms with E-state index in [2.05, 4.69) is 10.3 Å². The molecule has 1 aromatic heterocycles. The van der Waals surface area contributed by atoms with E-state index in [-0.39, 0.29) is 5.56 Å². The third-order valence-corrected chi connectivity index (χ3v) is 3.07. The number of nitrogens with zero attached hydrogens (tertiary/aromatic N) is 1. The highest BCUT2D eigenvalue weighted by Gasteiger charge is 2.35. The van der Waals surface area contributed by atoms with Crippen LogP contribution in [0.5, 0.6) is 0 Å². The molecule has 1 atom stereocenters. The highest BCUT2D eigenvalue weighted by atomic mass is 19.4. The van der Waals surface area contributed by atoms with E-state index in [1.165, 1.54) is 12.1 Å². The van der Waals surface area contributed by atoms with Gasteiger partial charge in [0, 0.05) is 5.69 Å². The van der Waals surface area contributed by atoms with Crippen molar-refractivity contribution in [3.8, 4) is 0 Å². The van der Waals surface area contributed by atoms with Gasteiger partial charge in [-0.25, -0.2) is 0 Å². The first-order chi connectivity index (χ1) is 9.43. The van der Waals surface area contributed by atoms with E-state index < -0.39 is 17.8 Å². The number of hydrogen-bond acceptors (Lipinski definition) is 2. The number of alkyl halides is 3.